The highest BCUT2D eigenvalue weighted by Crippen LogP contribution is 2.27. The van der Waals surface area contributed by atoms with Gasteiger partial charge in [-0.05, 0) is 29.8 Å². The topological polar surface area (TPSA) is 69.3 Å². The Morgan fingerprint density at radius 2 is 2.14 bits per heavy atom. The predicted octanol–water partition coefficient (Wildman–Crippen LogP) is 4.19. The molecular formula is C19H18F3N3O3S. The number of alkyl halides is 2. The third kappa shape index (κ3) is 4.94. The van der Waals surface area contributed by atoms with E-state index in [4.69, 9.17) is 9.15 Å². The number of carbonyl (C=O) groups is 1. The SMILES string of the molecule is COc1ccc(C(NC(=O)c2ccc(CSc3nccn3C)o2)C(F)F)cc1F. The molecule has 0 aliphatic carbocycles. The Kier molecular flexibility index (Phi) is 6.53. The summed E-state index contributed by atoms with van der Waals surface area (Å²) < 4.78 is 52.9. The summed E-state index contributed by atoms with van der Waals surface area (Å²) >= 11 is 1.41. The van der Waals surface area contributed by atoms with Crippen molar-refractivity contribution in [1.29, 1.82) is 0 Å². The van der Waals surface area contributed by atoms with Crippen LogP contribution >= 0.6 is 11.8 Å². The summed E-state index contributed by atoms with van der Waals surface area (Å²) in [5.74, 6) is -0.891. The fourth-order valence-electron chi connectivity index (χ4n) is 2.58. The molecular weight excluding hydrogens is 407 g/mol. The number of hydrogen-bond acceptors (Lipinski definition) is 5. The lowest BCUT2D eigenvalue weighted by Gasteiger charge is -2.18. The average molecular weight is 425 g/mol. The smallest absolute Gasteiger partial charge is 0.287 e. The molecule has 0 radical (unpaired) electrons. The highest BCUT2D eigenvalue weighted by atomic mass is 32.2. The molecule has 154 valence electrons. The molecule has 0 saturated carbocycles. The zero-order valence-electron chi connectivity index (χ0n) is 15.6. The summed E-state index contributed by atoms with van der Waals surface area (Å²) in [5.41, 5.74) is -0.0798. The van der Waals surface area contributed by atoms with Gasteiger partial charge in [-0.3, -0.25) is 4.79 Å². The van der Waals surface area contributed by atoms with E-state index in [1.54, 1.807) is 18.5 Å². The van der Waals surface area contributed by atoms with Crippen molar-refractivity contribution < 1.29 is 27.1 Å². The zero-order valence-corrected chi connectivity index (χ0v) is 16.4. The van der Waals surface area contributed by atoms with Gasteiger partial charge in [0.05, 0.1) is 12.9 Å². The van der Waals surface area contributed by atoms with Crippen LogP contribution in [0.25, 0.3) is 0 Å². The molecule has 1 unspecified atom stereocenters. The first kappa shape index (κ1) is 20.8. The van der Waals surface area contributed by atoms with E-state index in [9.17, 15) is 18.0 Å². The second-order valence-electron chi connectivity index (χ2n) is 6.05. The van der Waals surface area contributed by atoms with E-state index in [0.717, 1.165) is 11.2 Å². The largest absolute Gasteiger partial charge is 0.494 e. The number of furan rings is 1. The van der Waals surface area contributed by atoms with Gasteiger partial charge in [0.25, 0.3) is 12.3 Å². The van der Waals surface area contributed by atoms with E-state index >= 15 is 0 Å². The summed E-state index contributed by atoms with van der Waals surface area (Å²) in [7, 11) is 3.12. The monoisotopic (exact) mass is 425 g/mol. The summed E-state index contributed by atoms with van der Waals surface area (Å²) in [6.07, 6.45) is 0.520. The number of carbonyl (C=O) groups excluding carboxylic acids is 1. The zero-order chi connectivity index (χ0) is 21.0. The minimum absolute atomic E-state index is 0.0750. The molecule has 0 spiro atoms. The number of nitrogens with zero attached hydrogens (tertiary/aromatic N) is 2. The van der Waals surface area contributed by atoms with Crippen molar-refractivity contribution in [3.63, 3.8) is 0 Å². The molecule has 3 rings (SSSR count). The summed E-state index contributed by atoms with van der Waals surface area (Å²) in [6.45, 7) is 0. The molecule has 2 heterocycles. The number of thioether (sulfide) groups is 1. The second kappa shape index (κ2) is 9.08. The van der Waals surface area contributed by atoms with E-state index in [0.29, 0.717) is 11.5 Å². The molecule has 0 fully saturated rings. The Bertz CT molecular complexity index is 990. The molecule has 10 heteroatoms. The van der Waals surface area contributed by atoms with Crippen LogP contribution in [0.15, 0.2) is 52.3 Å². The molecule has 0 aliphatic heterocycles. The Balaban J connectivity index is 1.68. The number of aromatic nitrogens is 2. The number of rotatable bonds is 8. The molecule has 0 bridgehead atoms. The predicted molar refractivity (Wildman–Crippen MR) is 101 cm³/mol. The van der Waals surface area contributed by atoms with E-state index < -0.39 is 24.2 Å². The number of imidazole rings is 1. The van der Waals surface area contributed by atoms with Crippen molar-refractivity contribution in [3.05, 3.63) is 65.6 Å². The average Bonchev–Trinajstić information content (AvgIpc) is 3.33. The molecule has 1 N–H and O–H groups in total. The number of amides is 1. The number of benzene rings is 1. The van der Waals surface area contributed by atoms with Crippen molar-refractivity contribution in [1.82, 2.24) is 14.9 Å². The van der Waals surface area contributed by atoms with Crippen molar-refractivity contribution in [2.75, 3.05) is 7.11 Å². The fraction of sp³-hybridized carbons (Fsp3) is 0.263. The number of hydrogen-bond donors (Lipinski definition) is 1. The maximum absolute atomic E-state index is 13.9. The van der Waals surface area contributed by atoms with Crippen LogP contribution < -0.4 is 10.1 Å². The lowest BCUT2D eigenvalue weighted by Crippen LogP contribution is -2.32. The maximum Gasteiger partial charge on any atom is 0.287 e. The standard InChI is InChI=1S/C19H18F3N3O3S/c1-25-8-7-23-19(25)29-10-12-4-6-15(28-12)18(26)24-16(17(21)22)11-3-5-14(27-2)13(20)9-11/h3-9,16-17H,10H2,1-2H3,(H,24,26). The highest BCUT2D eigenvalue weighted by molar-refractivity contribution is 7.98. The van der Waals surface area contributed by atoms with Crippen LogP contribution in [0, 0.1) is 5.82 Å². The number of halogens is 3. The summed E-state index contributed by atoms with van der Waals surface area (Å²) in [5, 5.41) is 2.96. The first-order valence-corrected chi connectivity index (χ1v) is 9.49. The van der Waals surface area contributed by atoms with Crippen LogP contribution in [0.3, 0.4) is 0 Å². The van der Waals surface area contributed by atoms with Crippen LogP contribution in [-0.4, -0.2) is 29.0 Å². The lowest BCUT2D eigenvalue weighted by molar-refractivity contribution is 0.0721. The Morgan fingerprint density at radius 3 is 2.76 bits per heavy atom. The van der Waals surface area contributed by atoms with Gasteiger partial charge in [0.1, 0.15) is 11.8 Å². The molecule has 1 aromatic carbocycles. The van der Waals surface area contributed by atoms with Gasteiger partial charge < -0.3 is 19.0 Å². The number of methoxy groups -OCH3 is 1. The first-order valence-electron chi connectivity index (χ1n) is 8.50. The van der Waals surface area contributed by atoms with Gasteiger partial charge in [-0.15, -0.1) is 0 Å². The third-order valence-corrected chi connectivity index (χ3v) is 5.16. The molecule has 2 aromatic heterocycles. The number of aryl methyl sites for hydroxylation is 1. The van der Waals surface area contributed by atoms with Crippen LogP contribution in [0.2, 0.25) is 0 Å². The molecule has 6 nitrogen and oxygen atoms in total. The van der Waals surface area contributed by atoms with Gasteiger partial charge in [0, 0.05) is 19.4 Å². The quantitative estimate of drug-likeness (QED) is 0.548. The van der Waals surface area contributed by atoms with Gasteiger partial charge in [-0.1, -0.05) is 17.8 Å². The maximum atomic E-state index is 13.9. The first-order chi connectivity index (χ1) is 13.9. The van der Waals surface area contributed by atoms with E-state index in [1.807, 2.05) is 11.6 Å². The van der Waals surface area contributed by atoms with Gasteiger partial charge in [-0.25, -0.2) is 18.2 Å². The molecule has 0 aliphatic rings. The van der Waals surface area contributed by atoms with E-state index in [2.05, 4.69) is 10.3 Å². The van der Waals surface area contributed by atoms with Crippen LogP contribution in [0.1, 0.15) is 27.9 Å². The van der Waals surface area contributed by atoms with Crippen LogP contribution in [0.4, 0.5) is 13.2 Å². The van der Waals surface area contributed by atoms with Gasteiger partial charge in [-0.2, -0.15) is 0 Å². The molecule has 1 amide bonds. The molecule has 0 saturated heterocycles. The number of nitrogens with one attached hydrogen (secondary N) is 1. The highest BCUT2D eigenvalue weighted by Gasteiger charge is 2.27. The van der Waals surface area contributed by atoms with Crippen molar-refractivity contribution in [2.45, 2.75) is 23.4 Å². The van der Waals surface area contributed by atoms with E-state index in [1.165, 1.54) is 37.1 Å². The van der Waals surface area contributed by atoms with Crippen LogP contribution in [-0.2, 0) is 12.8 Å². The number of ether oxygens (including phenoxy) is 1. The molecule has 1 atom stereocenters. The van der Waals surface area contributed by atoms with Gasteiger partial charge >= 0.3 is 0 Å². The van der Waals surface area contributed by atoms with E-state index in [-0.39, 0.29) is 17.1 Å². The lowest BCUT2D eigenvalue weighted by atomic mass is 10.1. The Labute approximate surface area is 169 Å². The van der Waals surface area contributed by atoms with Crippen molar-refractivity contribution in [2.24, 2.45) is 7.05 Å². The van der Waals surface area contributed by atoms with Crippen LogP contribution in [0.5, 0.6) is 5.75 Å². The van der Waals surface area contributed by atoms with Gasteiger partial charge in [0.15, 0.2) is 22.5 Å². The third-order valence-electron chi connectivity index (χ3n) is 4.08. The van der Waals surface area contributed by atoms with Crippen molar-refractivity contribution >= 4 is 17.7 Å². The Hall–Kier alpha value is -2.88. The van der Waals surface area contributed by atoms with Crippen molar-refractivity contribution in [3.8, 4) is 5.75 Å². The van der Waals surface area contributed by atoms with Gasteiger partial charge in [0.2, 0.25) is 0 Å². The summed E-state index contributed by atoms with van der Waals surface area (Å²) in [6, 6.07) is 4.71. The Morgan fingerprint density at radius 1 is 1.34 bits per heavy atom. The summed E-state index contributed by atoms with van der Waals surface area (Å²) in [4.78, 5) is 16.5. The molecule has 3 aromatic rings. The minimum Gasteiger partial charge on any atom is -0.494 e. The second-order valence-corrected chi connectivity index (χ2v) is 7.00. The molecule has 29 heavy (non-hydrogen) atoms. The fourth-order valence-corrected chi connectivity index (χ4v) is 3.41. The minimum atomic E-state index is -2.94. The normalized spacial score (nSPS) is 12.2.